The minimum atomic E-state index is -0.734. The Hall–Kier alpha value is -3.15. The van der Waals surface area contributed by atoms with Crippen molar-refractivity contribution in [3.63, 3.8) is 0 Å². The van der Waals surface area contributed by atoms with E-state index in [9.17, 15) is 14.0 Å². The van der Waals surface area contributed by atoms with Crippen molar-refractivity contribution in [1.29, 1.82) is 0 Å². The smallest absolute Gasteiger partial charge is 0.348 e. The van der Waals surface area contributed by atoms with Gasteiger partial charge in [0.15, 0.2) is 5.56 Å². The van der Waals surface area contributed by atoms with E-state index >= 15 is 0 Å². The first-order valence-corrected chi connectivity index (χ1v) is 7.35. The van der Waals surface area contributed by atoms with Crippen LogP contribution in [-0.4, -0.2) is 10.6 Å². The van der Waals surface area contributed by atoms with Gasteiger partial charge in [-0.1, -0.05) is 48.5 Å². The van der Waals surface area contributed by atoms with Crippen molar-refractivity contribution in [2.24, 2.45) is 7.05 Å². The lowest BCUT2D eigenvalue weighted by atomic mass is 10.1. The quantitative estimate of drug-likeness (QED) is 0.802. The zero-order valence-corrected chi connectivity index (χ0v) is 13.0. The average molecular weight is 326 g/mol. The van der Waals surface area contributed by atoms with Crippen LogP contribution in [0.1, 0.15) is 15.9 Å². The molecule has 0 aliphatic rings. The van der Waals surface area contributed by atoms with Crippen LogP contribution in [0.4, 0.5) is 4.39 Å². The molecule has 0 aliphatic carbocycles. The number of benzene rings is 2. The highest BCUT2D eigenvalue weighted by Crippen LogP contribution is 2.21. The second-order valence-electron chi connectivity index (χ2n) is 5.24. The first-order chi connectivity index (χ1) is 11.6. The second kappa shape index (κ2) is 6.54. The molecule has 122 valence electrons. The Kier molecular flexibility index (Phi) is 4.29. The summed E-state index contributed by atoms with van der Waals surface area (Å²) in [5.74, 6) is -1.02. The van der Waals surface area contributed by atoms with Gasteiger partial charge in [-0.2, -0.15) is 0 Å². The van der Waals surface area contributed by atoms with E-state index in [0.717, 1.165) is 0 Å². The van der Waals surface area contributed by atoms with Gasteiger partial charge in [-0.05, 0) is 6.07 Å². The molecule has 1 heterocycles. The van der Waals surface area contributed by atoms with Crippen LogP contribution in [0.5, 0.6) is 0 Å². The van der Waals surface area contributed by atoms with Crippen LogP contribution >= 0.6 is 0 Å². The molecular formula is C18H15FN2O3. The molecular weight excluding hydrogens is 311 g/mol. The summed E-state index contributed by atoms with van der Waals surface area (Å²) in [7, 11) is 1.55. The van der Waals surface area contributed by atoms with E-state index in [2.05, 4.69) is 5.32 Å². The molecule has 2 aromatic carbocycles. The molecule has 0 spiro atoms. The van der Waals surface area contributed by atoms with Crippen molar-refractivity contribution >= 4 is 5.91 Å². The van der Waals surface area contributed by atoms with Crippen LogP contribution in [0.3, 0.4) is 0 Å². The van der Waals surface area contributed by atoms with Crippen LogP contribution in [0, 0.1) is 5.82 Å². The first kappa shape index (κ1) is 15.7. The average Bonchev–Trinajstić information content (AvgIpc) is 2.89. The van der Waals surface area contributed by atoms with Crippen molar-refractivity contribution in [3.05, 3.63) is 82.0 Å². The molecule has 5 nitrogen and oxygen atoms in total. The minimum absolute atomic E-state index is 0.0198. The molecule has 1 amide bonds. The van der Waals surface area contributed by atoms with Gasteiger partial charge < -0.3 is 9.84 Å². The Morgan fingerprint density at radius 3 is 2.50 bits per heavy atom. The van der Waals surface area contributed by atoms with E-state index in [1.165, 1.54) is 10.8 Å². The molecule has 24 heavy (non-hydrogen) atoms. The maximum absolute atomic E-state index is 13.6. The monoisotopic (exact) mass is 326 g/mol. The van der Waals surface area contributed by atoms with Gasteiger partial charge in [0.25, 0.3) is 5.91 Å². The zero-order chi connectivity index (χ0) is 17.1. The third-order valence-corrected chi connectivity index (χ3v) is 3.65. The van der Waals surface area contributed by atoms with Gasteiger partial charge in [-0.15, -0.1) is 0 Å². The number of hydrogen-bond donors (Lipinski definition) is 1. The highest BCUT2D eigenvalue weighted by molar-refractivity contribution is 5.99. The fraction of sp³-hybridized carbons (Fsp3) is 0.111. The SMILES string of the molecule is Cn1oc(=O)c(C(=O)NCc2ccccc2F)c1-c1ccccc1. The van der Waals surface area contributed by atoms with E-state index in [1.54, 1.807) is 49.5 Å². The van der Waals surface area contributed by atoms with Gasteiger partial charge in [0, 0.05) is 24.7 Å². The zero-order valence-electron chi connectivity index (χ0n) is 13.0. The van der Waals surface area contributed by atoms with Crippen LogP contribution in [0.25, 0.3) is 11.3 Å². The Balaban J connectivity index is 1.91. The molecule has 1 aromatic heterocycles. The molecule has 0 saturated heterocycles. The topological polar surface area (TPSA) is 64.2 Å². The third-order valence-electron chi connectivity index (χ3n) is 3.65. The fourth-order valence-corrected chi connectivity index (χ4v) is 2.50. The Morgan fingerprint density at radius 1 is 1.12 bits per heavy atom. The van der Waals surface area contributed by atoms with Gasteiger partial charge >= 0.3 is 5.63 Å². The van der Waals surface area contributed by atoms with Crippen molar-refractivity contribution in [3.8, 4) is 11.3 Å². The Bertz CT molecular complexity index is 929. The lowest BCUT2D eigenvalue weighted by Gasteiger charge is -2.07. The highest BCUT2D eigenvalue weighted by atomic mass is 19.1. The molecule has 0 aliphatic heterocycles. The molecule has 3 aromatic rings. The summed E-state index contributed by atoms with van der Waals surface area (Å²) >= 11 is 0. The number of carbonyl (C=O) groups is 1. The van der Waals surface area contributed by atoms with E-state index in [-0.39, 0.29) is 12.1 Å². The summed E-state index contributed by atoms with van der Waals surface area (Å²) < 4.78 is 19.9. The molecule has 0 unspecified atom stereocenters. The number of hydrogen-bond acceptors (Lipinski definition) is 3. The lowest BCUT2D eigenvalue weighted by Crippen LogP contribution is -2.27. The predicted octanol–water partition coefficient (Wildman–Crippen LogP) is 2.71. The van der Waals surface area contributed by atoms with Crippen molar-refractivity contribution < 1.29 is 13.7 Å². The van der Waals surface area contributed by atoms with E-state index < -0.39 is 17.3 Å². The maximum Gasteiger partial charge on any atom is 0.370 e. The molecule has 0 atom stereocenters. The number of rotatable bonds is 4. The van der Waals surface area contributed by atoms with Gasteiger partial charge in [0.2, 0.25) is 0 Å². The highest BCUT2D eigenvalue weighted by Gasteiger charge is 2.23. The molecule has 0 radical (unpaired) electrons. The largest absolute Gasteiger partial charge is 0.370 e. The standard InChI is InChI=1S/C18H15FN2O3/c1-21-16(12-7-3-2-4-8-12)15(18(23)24-21)17(22)20-11-13-9-5-6-10-14(13)19/h2-10H,11H2,1H3,(H,20,22). The molecule has 3 rings (SSSR count). The summed E-state index contributed by atoms with van der Waals surface area (Å²) in [6.45, 7) is -0.0198. The van der Waals surface area contributed by atoms with Crippen molar-refractivity contribution in [2.45, 2.75) is 6.54 Å². The third kappa shape index (κ3) is 2.99. The summed E-state index contributed by atoms with van der Waals surface area (Å²) in [5.41, 5.74) is 0.573. The molecule has 0 fully saturated rings. The van der Waals surface area contributed by atoms with Crippen LogP contribution in [0.15, 0.2) is 63.9 Å². The van der Waals surface area contributed by atoms with E-state index in [4.69, 9.17) is 4.52 Å². The number of nitrogens with one attached hydrogen (secondary N) is 1. The van der Waals surface area contributed by atoms with Crippen LogP contribution in [-0.2, 0) is 13.6 Å². The summed E-state index contributed by atoms with van der Waals surface area (Å²) in [6.07, 6.45) is 0. The summed E-state index contributed by atoms with van der Waals surface area (Å²) in [5, 5.41) is 2.57. The number of aromatic nitrogens is 1. The number of amides is 1. The second-order valence-corrected chi connectivity index (χ2v) is 5.24. The Morgan fingerprint density at radius 2 is 1.79 bits per heavy atom. The summed E-state index contributed by atoms with van der Waals surface area (Å²) in [4.78, 5) is 24.5. The minimum Gasteiger partial charge on any atom is -0.348 e. The lowest BCUT2D eigenvalue weighted by molar-refractivity contribution is 0.0949. The molecule has 0 saturated carbocycles. The molecule has 6 heteroatoms. The number of carbonyl (C=O) groups excluding carboxylic acids is 1. The maximum atomic E-state index is 13.6. The van der Waals surface area contributed by atoms with Crippen LogP contribution in [0.2, 0.25) is 0 Å². The fourth-order valence-electron chi connectivity index (χ4n) is 2.50. The summed E-state index contributed by atoms with van der Waals surface area (Å²) in [6, 6.07) is 15.1. The number of halogens is 1. The Labute approximate surface area is 137 Å². The number of nitrogens with zero attached hydrogens (tertiary/aromatic N) is 1. The number of aryl methyl sites for hydroxylation is 1. The van der Waals surface area contributed by atoms with Crippen molar-refractivity contribution in [2.75, 3.05) is 0 Å². The predicted molar refractivity (Wildman–Crippen MR) is 87.0 cm³/mol. The normalized spacial score (nSPS) is 10.6. The van der Waals surface area contributed by atoms with Crippen LogP contribution < -0.4 is 10.9 Å². The molecule has 1 N–H and O–H groups in total. The van der Waals surface area contributed by atoms with Gasteiger partial charge in [0.05, 0.1) is 0 Å². The van der Waals surface area contributed by atoms with E-state index in [0.29, 0.717) is 16.8 Å². The first-order valence-electron chi connectivity index (χ1n) is 7.35. The molecule has 0 bridgehead atoms. The van der Waals surface area contributed by atoms with Gasteiger partial charge in [-0.3, -0.25) is 4.79 Å². The van der Waals surface area contributed by atoms with E-state index in [1.807, 2.05) is 6.07 Å². The van der Waals surface area contributed by atoms with Gasteiger partial charge in [-0.25, -0.2) is 13.9 Å². The van der Waals surface area contributed by atoms with Gasteiger partial charge in [0.1, 0.15) is 11.5 Å². The van der Waals surface area contributed by atoms with Crippen molar-refractivity contribution in [1.82, 2.24) is 10.1 Å².